The number of hydrogen-bond donors (Lipinski definition) is 1. The first-order chi connectivity index (χ1) is 21.1. The number of aliphatic hydroxyl groups is 1. The molecule has 3 saturated heterocycles. The quantitative estimate of drug-likeness (QED) is 0.255. The van der Waals surface area contributed by atoms with E-state index in [2.05, 4.69) is 40.9 Å². The summed E-state index contributed by atoms with van der Waals surface area (Å²) in [5, 5.41) is 10.6. The van der Waals surface area contributed by atoms with E-state index in [9.17, 15) is 19.5 Å². The Morgan fingerprint density at radius 3 is 2.41 bits per heavy atom. The number of aliphatic hydroxyl groups excluding tert-OH is 1. The molecule has 44 heavy (non-hydrogen) atoms. The SMILES string of the molecule is C=CCN(CCCC)C(=O)C1N([C@@H](CO)CC(C)C)C(=O)[C@@H]2[C@@H](C(=O)N(CC=C)c3ccc(OCC)cc3)[C@H]3CC(C)C12S3. The molecular formula is C35H51N3O5S. The molecule has 9 heteroatoms. The van der Waals surface area contributed by atoms with E-state index in [-0.39, 0.29) is 41.4 Å². The Kier molecular flexibility index (Phi) is 11.3. The number of ether oxygens (including phenoxy) is 1. The number of carbonyl (C=O) groups is 3. The normalized spacial score (nSPS) is 27.8. The summed E-state index contributed by atoms with van der Waals surface area (Å²) >= 11 is 1.67. The predicted molar refractivity (Wildman–Crippen MR) is 178 cm³/mol. The lowest BCUT2D eigenvalue weighted by Crippen LogP contribution is -2.59. The zero-order chi connectivity index (χ0) is 32.2. The fourth-order valence-electron chi connectivity index (χ4n) is 7.72. The molecule has 7 atom stereocenters. The number of likely N-dealkylation sites (tertiary alicyclic amines) is 1. The van der Waals surface area contributed by atoms with Crippen LogP contribution in [0.3, 0.4) is 0 Å². The van der Waals surface area contributed by atoms with Crippen LogP contribution in [0, 0.1) is 23.7 Å². The van der Waals surface area contributed by atoms with Gasteiger partial charge >= 0.3 is 0 Å². The van der Waals surface area contributed by atoms with Crippen LogP contribution in [0.1, 0.15) is 60.3 Å². The first-order valence-corrected chi connectivity index (χ1v) is 17.1. The van der Waals surface area contributed by atoms with Crippen LogP contribution in [0.15, 0.2) is 49.6 Å². The second-order valence-electron chi connectivity index (χ2n) is 12.9. The van der Waals surface area contributed by atoms with Gasteiger partial charge in [-0.25, -0.2) is 0 Å². The Morgan fingerprint density at radius 2 is 1.84 bits per heavy atom. The van der Waals surface area contributed by atoms with E-state index in [0.29, 0.717) is 38.3 Å². The lowest BCUT2D eigenvalue weighted by atomic mass is 9.65. The molecule has 0 aliphatic carbocycles. The Morgan fingerprint density at radius 1 is 1.16 bits per heavy atom. The Labute approximate surface area is 267 Å². The van der Waals surface area contributed by atoms with Crippen molar-refractivity contribution in [1.29, 1.82) is 0 Å². The van der Waals surface area contributed by atoms with Gasteiger partial charge in [0.25, 0.3) is 0 Å². The molecule has 3 heterocycles. The van der Waals surface area contributed by atoms with Gasteiger partial charge in [-0.1, -0.05) is 46.3 Å². The van der Waals surface area contributed by atoms with Crippen molar-refractivity contribution in [2.75, 3.05) is 37.7 Å². The van der Waals surface area contributed by atoms with Gasteiger partial charge in [0.2, 0.25) is 17.7 Å². The van der Waals surface area contributed by atoms with Gasteiger partial charge in [-0.15, -0.1) is 24.9 Å². The monoisotopic (exact) mass is 625 g/mol. The predicted octanol–water partition coefficient (Wildman–Crippen LogP) is 5.16. The number of unbranched alkanes of at least 4 members (excludes halogenated alkanes) is 1. The van der Waals surface area contributed by atoms with Crippen molar-refractivity contribution in [2.45, 2.75) is 82.4 Å². The molecule has 242 valence electrons. The smallest absolute Gasteiger partial charge is 0.247 e. The van der Waals surface area contributed by atoms with Gasteiger partial charge in [0.05, 0.1) is 35.8 Å². The fraction of sp³-hybridized carbons (Fsp3) is 0.629. The molecule has 1 aromatic carbocycles. The van der Waals surface area contributed by atoms with Crippen LogP contribution >= 0.6 is 11.8 Å². The zero-order valence-corrected chi connectivity index (χ0v) is 27.9. The van der Waals surface area contributed by atoms with E-state index in [0.717, 1.165) is 25.0 Å². The summed E-state index contributed by atoms with van der Waals surface area (Å²) in [4.78, 5) is 49.3. The van der Waals surface area contributed by atoms with Crippen molar-refractivity contribution in [2.24, 2.45) is 23.7 Å². The Bertz CT molecular complexity index is 1210. The maximum absolute atomic E-state index is 14.8. The molecule has 1 N–H and O–H groups in total. The summed E-state index contributed by atoms with van der Waals surface area (Å²) in [5.74, 6) is -0.664. The molecule has 3 unspecified atom stereocenters. The average Bonchev–Trinajstić information content (AvgIpc) is 3.60. The Balaban J connectivity index is 1.80. The van der Waals surface area contributed by atoms with Crippen molar-refractivity contribution in [1.82, 2.24) is 9.80 Å². The van der Waals surface area contributed by atoms with Gasteiger partial charge in [0, 0.05) is 30.6 Å². The van der Waals surface area contributed by atoms with Gasteiger partial charge in [0.15, 0.2) is 0 Å². The molecule has 3 amide bonds. The van der Waals surface area contributed by atoms with Crippen LogP contribution in [0.2, 0.25) is 0 Å². The highest BCUT2D eigenvalue weighted by Gasteiger charge is 2.77. The summed E-state index contributed by atoms with van der Waals surface area (Å²) in [7, 11) is 0. The lowest BCUT2D eigenvalue weighted by molar-refractivity contribution is -0.146. The number of anilines is 1. The van der Waals surface area contributed by atoms with Crippen molar-refractivity contribution in [3.05, 3.63) is 49.6 Å². The third-order valence-electron chi connectivity index (χ3n) is 9.53. The van der Waals surface area contributed by atoms with Gasteiger partial charge < -0.3 is 24.5 Å². The van der Waals surface area contributed by atoms with Crippen molar-refractivity contribution in [3.8, 4) is 5.75 Å². The number of carbonyl (C=O) groups excluding carboxylic acids is 3. The molecule has 3 aliphatic heterocycles. The summed E-state index contributed by atoms with van der Waals surface area (Å²) in [6.45, 7) is 19.6. The molecule has 2 bridgehead atoms. The summed E-state index contributed by atoms with van der Waals surface area (Å²) in [6.07, 6.45) is 6.54. The summed E-state index contributed by atoms with van der Waals surface area (Å²) in [6, 6.07) is 6.17. The number of rotatable bonds is 16. The maximum Gasteiger partial charge on any atom is 0.247 e. The van der Waals surface area contributed by atoms with Crippen LogP contribution in [0.4, 0.5) is 5.69 Å². The average molecular weight is 626 g/mol. The molecule has 0 saturated carbocycles. The summed E-state index contributed by atoms with van der Waals surface area (Å²) < 4.78 is 4.85. The molecular weight excluding hydrogens is 574 g/mol. The van der Waals surface area contributed by atoms with Crippen LogP contribution in [-0.4, -0.2) is 87.6 Å². The van der Waals surface area contributed by atoms with Gasteiger partial charge in [0.1, 0.15) is 11.8 Å². The lowest BCUT2D eigenvalue weighted by Gasteiger charge is -2.42. The molecule has 3 fully saturated rings. The molecule has 1 aromatic rings. The highest BCUT2D eigenvalue weighted by atomic mass is 32.2. The highest BCUT2D eigenvalue weighted by Crippen LogP contribution is 2.69. The first-order valence-electron chi connectivity index (χ1n) is 16.3. The van der Waals surface area contributed by atoms with E-state index < -0.39 is 28.7 Å². The van der Waals surface area contributed by atoms with Crippen LogP contribution in [0.25, 0.3) is 0 Å². The molecule has 4 rings (SSSR count). The molecule has 3 aliphatic rings. The molecule has 1 spiro atoms. The number of benzene rings is 1. The summed E-state index contributed by atoms with van der Waals surface area (Å²) in [5.41, 5.74) is 0.716. The third kappa shape index (κ3) is 6.06. The number of hydrogen-bond acceptors (Lipinski definition) is 6. The van der Waals surface area contributed by atoms with E-state index in [1.165, 1.54) is 0 Å². The van der Waals surface area contributed by atoms with E-state index >= 15 is 0 Å². The Hall–Kier alpha value is -2.78. The standard InChI is InChI=1S/C35H51N3O5S/c1-8-12-19-36(17-9-2)34(42)31-35-24(7)21-28(44-35)29(30(35)33(41)38(31)26(22-39)20-23(5)6)32(40)37(18-10-3)25-13-15-27(16-14-25)43-11-4/h9-10,13-16,23-24,26,28-31,39H,2-3,8,11-12,17-22H2,1,4-7H3/t24?,26-,28-,29+,30+,31?,35?/m1/s1. The minimum Gasteiger partial charge on any atom is -0.494 e. The van der Waals surface area contributed by atoms with Crippen molar-refractivity contribution < 1.29 is 24.2 Å². The van der Waals surface area contributed by atoms with E-state index in [1.54, 1.807) is 33.7 Å². The second-order valence-corrected chi connectivity index (χ2v) is 14.4. The number of amides is 3. The highest BCUT2D eigenvalue weighted by molar-refractivity contribution is 8.02. The van der Waals surface area contributed by atoms with Gasteiger partial charge in [-0.2, -0.15) is 0 Å². The van der Waals surface area contributed by atoms with Crippen LogP contribution < -0.4 is 9.64 Å². The fourth-order valence-corrected chi connectivity index (χ4v) is 10.1. The minimum absolute atomic E-state index is 0.0444. The van der Waals surface area contributed by atoms with E-state index in [4.69, 9.17) is 4.74 Å². The number of nitrogens with zero attached hydrogens (tertiary/aromatic N) is 3. The molecule has 0 radical (unpaired) electrons. The maximum atomic E-state index is 14.8. The van der Waals surface area contributed by atoms with Crippen molar-refractivity contribution >= 4 is 35.2 Å². The van der Waals surface area contributed by atoms with E-state index in [1.807, 2.05) is 36.1 Å². The number of thioether (sulfide) groups is 1. The number of fused-ring (bicyclic) bond motifs is 1. The third-order valence-corrected chi connectivity index (χ3v) is 11.6. The minimum atomic E-state index is -0.756. The topological polar surface area (TPSA) is 90.4 Å². The largest absolute Gasteiger partial charge is 0.494 e. The molecule has 8 nitrogen and oxygen atoms in total. The van der Waals surface area contributed by atoms with Gasteiger partial charge in [-0.05, 0) is 62.3 Å². The van der Waals surface area contributed by atoms with Crippen LogP contribution in [0.5, 0.6) is 5.75 Å². The zero-order valence-electron chi connectivity index (χ0n) is 27.1. The van der Waals surface area contributed by atoms with Gasteiger partial charge in [-0.3, -0.25) is 14.4 Å². The molecule has 0 aromatic heterocycles. The van der Waals surface area contributed by atoms with Crippen LogP contribution in [-0.2, 0) is 14.4 Å². The second kappa shape index (κ2) is 14.5. The van der Waals surface area contributed by atoms with Crippen molar-refractivity contribution in [3.63, 3.8) is 0 Å². The first kappa shape index (κ1) is 34.1.